The highest BCUT2D eigenvalue weighted by Crippen LogP contribution is 1.93. The van der Waals surface area contributed by atoms with Gasteiger partial charge in [-0.25, -0.2) is 9.13 Å². The van der Waals surface area contributed by atoms with Crippen LogP contribution in [-0.2, 0) is 13.6 Å². The Morgan fingerprint density at radius 3 is 2.55 bits per heavy atom. The normalized spacial score (nSPS) is 9.36. The molecule has 11 heavy (non-hydrogen) atoms. The molecule has 0 saturated heterocycles. The quantitative estimate of drug-likeness (QED) is 0.434. The Hall–Kier alpha value is -0.0600. The Morgan fingerprint density at radius 1 is 1.55 bits per heavy atom. The fraction of sp³-hybridized carbons (Fsp3) is 0.625. The number of rotatable bonds is 2. The standard InChI is InChI=1S/C8H15N2.HI/c1-4-5-10-7-6-9(3)8(10)2;/h6-7H,4-5H2,1-3H3;1H/q+1;/p-1. The lowest BCUT2D eigenvalue weighted by Crippen LogP contribution is -3.00. The predicted molar refractivity (Wildman–Crippen MR) is 40.6 cm³/mol. The van der Waals surface area contributed by atoms with Crippen molar-refractivity contribution in [3.05, 3.63) is 18.2 Å². The second kappa shape index (κ2) is 4.74. The van der Waals surface area contributed by atoms with E-state index < -0.39 is 0 Å². The molecule has 0 radical (unpaired) electrons. The van der Waals surface area contributed by atoms with Gasteiger partial charge in [0.15, 0.2) is 0 Å². The van der Waals surface area contributed by atoms with E-state index in [1.807, 2.05) is 0 Å². The van der Waals surface area contributed by atoms with Crippen LogP contribution in [0.4, 0.5) is 0 Å². The largest absolute Gasteiger partial charge is 1.00 e. The van der Waals surface area contributed by atoms with Crippen LogP contribution in [0.25, 0.3) is 0 Å². The summed E-state index contributed by atoms with van der Waals surface area (Å²) in [6.07, 6.45) is 5.42. The van der Waals surface area contributed by atoms with Crippen LogP contribution >= 0.6 is 0 Å². The van der Waals surface area contributed by atoms with Gasteiger partial charge >= 0.3 is 0 Å². The first kappa shape index (κ1) is 10.9. The van der Waals surface area contributed by atoms with E-state index in [2.05, 4.69) is 42.4 Å². The van der Waals surface area contributed by atoms with Crippen LogP contribution in [0.2, 0.25) is 0 Å². The zero-order chi connectivity index (χ0) is 7.56. The summed E-state index contributed by atoms with van der Waals surface area (Å²) in [4.78, 5) is 0. The molecule has 0 amide bonds. The van der Waals surface area contributed by atoms with Crippen LogP contribution in [-0.4, -0.2) is 4.57 Å². The van der Waals surface area contributed by atoms with Crippen molar-refractivity contribution in [2.75, 3.05) is 0 Å². The lowest BCUT2D eigenvalue weighted by Gasteiger charge is -1.93. The molecule has 0 fully saturated rings. The van der Waals surface area contributed by atoms with Crippen LogP contribution < -0.4 is 28.5 Å². The Morgan fingerprint density at radius 2 is 2.18 bits per heavy atom. The molecule has 1 aromatic heterocycles. The van der Waals surface area contributed by atoms with E-state index in [4.69, 9.17) is 0 Å². The summed E-state index contributed by atoms with van der Waals surface area (Å²) < 4.78 is 4.40. The van der Waals surface area contributed by atoms with Gasteiger partial charge in [-0.05, 0) is 6.42 Å². The van der Waals surface area contributed by atoms with E-state index in [0.717, 1.165) is 6.54 Å². The molecule has 0 atom stereocenters. The molecule has 0 aliphatic heterocycles. The fourth-order valence-corrected chi connectivity index (χ4v) is 1.08. The number of halogens is 1. The number of aromatic nitrogens is 2. The minimum atomic E-state index is 0. The molecule has 0 aromatic carbocycles. The van der Waals surface area contributed by atoms with Gasteiger partial charge in [0.1, 0.15) is 12.4 Å². The Balaban J connectivity index is 0.000001000. The summed E-state index contributed by atoms with van der Waals surface area (Å²) in [5.41, 5.74) is 0. The molecule has 1 heterocycles. The third-order valence-electron chi connectivity index (χ3n) is 1.86. The van der Waals surface area contributed by atoms with E-state index in [9.17, 15) is 0 Å². The molecule has 0 saturated carbocycles. The van der Waals surface area contributed by atoms with Crippen molar-refractivity contribution in [1.82, 2.24) is 4.57 Å². The van der Waals surface area contributed by atoms with Crippen LogP contribution in [0.3, 0.4) is 0 Å². The summed E-state index contributed by atoms with van der Waals surface area (Å²) >= 11 is 0. The van der Waals surface area contributed by atoms with Gasteiger partial charge in [0, 0.05) is 6.92 Å². The van der Waals surface area contributed by atoms with Gasteiger partial charge < -0.3 is 24.0 Å². The van der Waals surface area contributed by atoms with Gasteiger partial charge in [0.25, 0.3) is 5.82 Å². The summed E-state index contributed by atoms with van der Waals surface area (Å²) in [6, 6.07) is 0. The van der Waals surface area contributed by atoms with Crippen LogP contribution in [0.15, 0.2) is 12.4 Å². The zero-order valence-corrected chi connectivity index (χ0v) is 9.50. The van der Waals surface area contributed by atoms with E-state index in [1.54, 1.807) is 0 Å². The van der Waals surface area contributed by atoms with E-state index in [1.165, 1.54) is 12.2 Å². The SMILES string of the molecule is CCCn1cc[n+](C)c1C.[I-]. The number of hydrogen-bond acceptors (Lipinski definition) is 0. The first-order valence-corrected chi connectivity index (χ1v) is 3.77. The first-order valence-electron chi connectivity index (χ1n) is 3.77. The maximum Gasteiger partial charge on any atom is 0.253 e. The maximum absolute atomic E-state index is 2.26. The fourth-order valence-electron chi connectivity index (χ4n) is 1.08. The Bertz CT molecular complexity index is 218. The first-order chi connectivity index (χ1) is 4.75. The molecular weight excluding hydrogens is 251 g/mol. The average Bonchev–Trinajstić information content (AvgIpc) is 2.20. The van der Waals surface area contributed by atoms with Crippen LogP contribution in [0.5, 0.6) is 0 Å². The third kappa shape index (κ3) is 2.47. The second-order valence-electron chi connectivity index (χ2n) is 2.65. The topological polar surface area (TPSA) is 8.81 Å². The lowest BCUT2D eigenvalue weighted by molar-refractivity contribution is -0.677. The molecule has 1 aromatic rings. The van der Waals surface area contributed by atoms with Gasteiger partial charge in [0.2, 0.25) is 0 Å². The van der Waals surface area contributed by atoms with Crippen LogP contribution in [0.1, 0.15) is 19.2 Å². The minimum Gasteiger partial charge on any atom is -1.00 e. The van der Waals surface area contributed by atoms with E-state index in [0.29, 0.717) is 0 Å². The Labute approximate surface area is 85.2 Å². The average molecular weight is 266 g/mol. The number of hydrogen-bond donors (Lipinski definition) is 0. The maximum atomic E-state index is 2.26. The van der Waals surface area contributed by atoms with Crippen molar-refractivity contribution in [2.45, 2.75) is 26.8 Å². The highest BCUT2D eigenvalue weighted by molar-refractivity contribution is 4.78. The predicted octanol–water partition coefficient (Wildman–Crippen LogP) is -1.96. The van der Waals surface area contributed by atoms with Gasteiger partial charge in [0.05, 0.1) is 13.6 Å². The van der Waals surface area contributed by atoms with Gasteiger partial charge in [-0.2, -0.15) is 0 Å². The van der Waals surface area contributed by atoms with E-state index >= 15 is 0 Å². The highest BCUT2D eigenvalue weighted by Gasteiger charge is 2.05. The monoisotopic (exact) mass is 266 g/mol. The molecule has 3 heteroatoms. The van der Waals surface area contributed by atoms with E-state index in [-0.39, 0.29) is 24.0 Å². The lowest BCUT2D eigenvalue weighted by atomic mass is 10.5. The van der Waals surface area contributed by atoms with Crippen molar-refractivity contribution in [3.63, 3.8) is 0 Å². The second-order valence-corrected chi connectivity index (χ2v) is 2.65. The molecule has 1 rings (SSSR count). The molecule has 0 spiro atoms. The molecular formula is C8H15IN2. The molecule has 0 bridgehead atoms. The molecule has 0 N–H and O–H groups in total. The third-order valence-corrected chi connectivity index (χ3v) is 1.86. The van der Waals surface area contributed by atoms with Crippen molar-refractivity contribution < 1.29 is 28.5 Å². The number of aryl methyl sites for hydroxylation is 2. The summed E-state index contributed by atoms with van der Waals surface area (Å²) in [5.74, 6) is 1.32. The van der Waals surface area contributed by atoms with Crippen molar-refractivity contribution in [2.24, 2.45) is 7.05 Å². The number of nitrogens with zero attached hydrogens (tertiary/aromatic N) is 2. The van der Waals surface area contributed by atoms with Crippen molar-refractivity contribution >= 4 is 0 Å². The molecule has 0 aliphatic carbocycles. The molecule has 0 unspecified atom stereocenters. The van der Waals surface area contributed by atoms with Crippen molar-refractivity contribution in [1.29, 1.82) is 0 Å². The molecule has 0 aliphatic rings. The minimum absolute atomic E-state index is 0. The summed E-state index contributed by atoms with van der Waals surface area (Å²) in [6.45, 7) is 5.46. The van der Waals surface area contributed by atoms with Gasteiger partial charge in [-0.1, -0.05) is 6.92 Å². The van der Waals surface area contributed by atoms with Crippen molar-refractivity contribution in [3.8, 4) is 0 Å². The zero-order valence-electron chi connectivity index (χ0n) is 7.34. The smallest absolute Gasteiger partial charge is 0.253 e. The Kier molecular flexibility index (Phi) is 4.72. The highest BCUT2D eigenvalue weighted by atomic mass is 127. The number of imidazole rings is 1. The summed E-state index contributed by atoms with van der Waals surface area (Å²) in [7, 11) is 2.07. The molecule has 64 valence electrons. The van der Waals surface area contributed by atoms with Crippen LogP contribution in [0, 0.1) is 6.92 Å². The van der Waals surface area contributed by atoms with Gasteiger partial charge in [-0.3, -0.25) is 0 Å². The van der Waals surface area contributed by atoms with Gasteiger partial charge in [-0.15, -0.1) is 0 Å². The summed E-state index contributed by atoms with van der Waals surface area (Å²) in [5, 5.41) is 0. The molecule has 2 nitrogen and oxygen atoms in total.